The van der Waals surface area contributed by atoms with Crippen LogP contribution in [0.5, 0.6) is 11.5 Å². The van der Waals surface area contributed by atoms with Crippen LogP contribution in [-0.2, 0) is 35.1 Å². The molecule has 0 aliphatic rings. The molecule has 0 saturated carbocycles. The highest BCUT2D eigenvalue weighted by molar-refractivity contribution is 5.77. The zero-order chi connectivity index (χ0) is 24.8. The average molecular weight is 466 g/mol. The van der Waals surface area contributed by atoms with Crippen molar-refractivity contribution in [2.24, 2.45) is 5.73 Å². The van der Waals surface area contributed by atoms with Crippen LogP contribution in [0.3, 0.4) is 0 Å². The average Bonchev–Trinajstić information content (AvgIpc) is 2.74. The first kappa shape index (κ1) is 28.1. The van der Waals surface area contributed by atoms with Gasteiger partial charge in [0.25, 0.3) is 0 Å². The molecular formula is C24H35NO8. The lowest BCUT2D eigenvalue weighted by Gasteiger charge is -2.17. The Labute approximate surface area is 194 Å². The molecule has 9 heteroatoms. The van der Waals surface area contributed by atoms with Crippen LogP contribution >= 0.6 is 0 Å². The van der Waals surface area contributed by atoms with E-state index in [9.17, 15) is 19.2 Å². The largest absolute Gasteiger partial charge is 0.461 e. The third kappa shape index (κ3) is 11.0. The number of benzene rings is 1. The minimum atomic E-state index is -0.990. The fourth-order valence-electron chi connectivity index (χ4n) is 2.76. The minimum absolute atomic E-state index is 0.0902. The first-order valence-electron chi connectivity index (χ1n) is 11.4. The van der Waals surface area contributed by atoms with Gasteiger partial charge in [-0.05, 0) is 50.3 Å². The number of ether oxygens (including phenoxy) is 4. The van der Waals surface area contributed by atoms with Crippen molar-refractivity contribution < 1.29 is 38.1 Å². The summed E-state index contributed by atoms with van der Waals surface area (Å²) in [4.78, 5) is 47.6. The number of hydrogen-bond acceptors (Lipinski definition) is 9. The summed E-state index contributed by atoms with van der Waals surface area (Å²) in [5, 5.41) is 0. The van der Waals surface area contributed by atoms with Gasteiger partial charge in [0.2, 0.25) is 0 Å². The van der Waals surface area contributed by atoms with Crippen LogP contribution in [0, 0.1) is 0 Å². The quantitative estimate of drug-likeness (QED) is 0.325. The summed E-state index contributed by atoms with van der Waals surface area (Å²) in [7, 11) is 0. The molecule has 0 aliphatic heterocycles. The number of carbonyl (C=O) groups is 4. The number of rotatable bonds is 14. The molecule has 0 amide bonds. The molecule has 0 heterocycles. The molecule has 0 aromatic heterocycles. The van der Waals surface area contributed by atoms with Crippen LogP contribution in [-0.4, -0.2) is 42.6 Å². The summed E-state index contributed by atoms with van der Waals surface area (Å²) in [6.07, 6.45) is 2.15. The van der Waals surface area contributed by atoms with Crippen LogP contribution in [0.2, 0.25) is 0 Å². The van der Waals surface area contributed by atoms with Gasteiger partial charge in [-0.15, -0.1) is 0 Å². The smallest absolute Gasteiger partial charge is 0.323 e. The van der Waals surface area contributed by atoms with E-state index in [1.54, 1.807) is 13.0 Å². The molecule has 1 aromatic carbocycles. The predicted molar refractivity (Wildman–Crippen MR) is 121 cm³/mol. The fraction of sp³-hybridized carbons (Fsp3) is 0.583. The molecule has 1 aromatic rings. The van der Waals surface area contributed by atoms with Crippen LogP contribution in [0.1, 0.15) is 71.8 Å². The second-order valence-corrected chi connectivity index (χ2v) is 7.72. The summed E-state index contributed by atoms with van der Waals surface area (Å²) < 4.78 is 20.9. The molecule has 2 N–H and O–H groups in total. The van der Waals surface area contributed by atoms with E-state index in [-0.39, 0.29) is 43.3 Å². The number of nitrogens with two attached hydrogens (primary N) is 1. The summed E-state index contributed by atoms with van der Waals surface area (Å²) in [6, 6.07) is 3.67. The van der Waals surface area contributed by atoms with E-state index in [4.69, 9.17) is 24.7 Å². The number of carbonyl (C=O) groups excluding carboxylic acids is 4. The van der Waals surface area contributed by atoms with E-state index in [0.29, 0.717) is 31.2 Å². The highest BCUT2D eigenvalue weighted by Gasteiger charge is 2.20. The van der Waals surface area contributed by atoms with Crippen molar-refractivity contribution in [1.82, 2.24) is 0 Å². The fourth-order valence-corrected chi connectivity index (χ4v) is 2.76. The van der Waals surface area contributed by atoms with E-state index in [2.05, 4.69) is 0 Å². The zero-order valence-electron chi connectivity index (χ0n) is 19.9. The van der Waals surface area contributed by atoms with Crippen LogP contribution in [0.4, 0.5) is 0 Å². The van der Waals surface area contributed by atoms with Gasteiger partial charge in [0.05, 0.1) is 0 Å². The van der Waals surface area contributed by atoms with Crippen molar-refractivity contribution in [2.45, 2.75) is 84.8 Å². The molecule has 33 heavy (non-hydrogen) atoms. The van der Waals surface area contributed by atoms with E-state index in [1.807, 2.05) is 20.8 Å². The van der Waals surface area contributed by atoms with Crippen molar-refractivity contribution in [3.8, 4) is 11.5 Å². The molecule has 0 bridgehead atoms. The zero-order valence-corrected chi connectivity index (χ0v) is 19.9. The second kappa shape index (κ2) is 15.0. The number of esters is 4. The maximum atomic E-state index is 12.3. The summed E-state index contributed by atoms with van der Waals surface area (Å²) in [5.41, 5.74) is 6.56. The molecule has 0 unspecified atom stereocenters. The van der Waals surface area contributed by atoms with Crippen molar-refractivity contribution >= 4 is 23.9 Å². The van der Waals surface area contributed by atoms with E-state index >= 15 is 0 Å². The van der Waals surface area contributed by atoms with Gasteiger partial charge in [-0.1, -0.05) is 26.8 Å². The first-order valence-corrected chi connectivity index (χ1v) is 11.4. The molecule has 0 radical (unpaired) electrons. The second-order valence-electron chi connectivity index (χ2n) is 7.72. The standard InChI is InChI=1S/C24H35NO8/c1-5-8-21(26)31-16(4)15-30-24(29)18(25)13-17-11-12-19(32-22(27)9-6-2)20(14-17)33-23(28)10-7-3/h11-12,14,16,18H,5-10,13,15,25H2,1-4H3/t16-,18-/m0/s1. The van der Waals surface area contributed by atoms with Crippen molar-refractivity contribution in [1.29, 1.82) is 0 Å². The molecule has 184 valence electrons. The van der Waals surface area contributed by atoms with Gasteiger partial charge in [0.1, 0.15) is 18.8 Å². The lowest BCUT2D eigenvalue weighted by Crippen LogP contribution is -2.36. The Bertz CT molecular complexity index is 808. The Morgan fingerprint density at radius 1 is 0.848 bits per heavy atom. The molecule has 0 fully saturated rings. The van der Waals surface area contributed by atoms with Crippen molar-refractivity contribution in [3.05, 3.63) is 23.8 Å². The first-order chi connectivity index (χ1) is 15.7. The van der Waals surface area contributed by atoms with Gasteiger partial charge in [-0.25, -0.2) is 0 Å². The Kier molecular flexibility index (Phi) is 12.8. The molecule has 2 atom stereocenters. The Morgan fingerprint density at radius 3 is 1.97 bits per heavy atom. The molecule has 1 rings (SSSR count). The van der Waals surface area contributed by atoms with E-state index < -0.39 is 30.1 Å². The summed E-state index contributed by atoms with van der Waals surface area (Å²) in [5.74, 6) is -1.69. The molecule has 9 nitrogen and oxygen atoms in total. The highest BCUT2D eigenvalue weighted by atomic mass is 16.6. The van der Waals surface area contributed by atoms with Gasteiger partial charge in [-0.2, -0.15) is 0 Å². The van der Waals surface area contributed by atoms with E-state index in [1.165, 1.54) is 12.1 Å². The normalized spacial score (nSPS) is 12.4. The summed E-state index contributed by atoms with van der Waals surface area (Å²) >= 11 is 0. The third-order valence-electron chi connectivity index (χ3n) is 4.37. The van der Waals surface area contributed by atoms with Crippen LogP contribution < -0.4 is 15.2 Å². The van der Waals surface area contributed by atoms with Crippen molar-refractivity contribution in [2.75, 3.05) is 6.61 Å². The number of hydrogen-bond donors (Lipinski definition) is 1. The predicted octanol–water partition coefficient (Wildman–Crippen LogP) is 3.24. The van der Waals surface area contributed by atoms with Gasteiger partial charge in [0.15, 0.2) is 11.5 Å². The van der Waals surface area contributed by atoms with Crippen LogP contribution in [0.15, 0.2) is 18.2 Å². The lowest BCUT2D eigenvalue weighted by molar-refractivity contribution is -0.158. The monoisotopic (exact) mass is 465 g/mol. The maximum Gasteiger partial charge on any atom is 0.323 e. The Morgan fingerprint density at radius 2 is 1.39 bits per heavy atom. The van der Waals surface area contributed by atoms with Gasteiger partial charge < -0.3 is 24.7 Å². The highest BCUT2D eigenvalue weighted by Crippen LogP contribution is 2.30. The van der Waals surface area contributed by atoms with Crippen LogP contribution in [0.25, 0.3) is 0 Å². The lowest BCUT2D eigenvalue weighted by atomic mass is 10.1. The molecular weight excluding hydrogens is 430 g/mol. The van der Waals surface area contributed by atoms with Gasteiger partial charge in [-0.3, -0.25) is 19.2 Å². The summed E-state index contributed by atoms with van der Waals surface area (Å²) in [6.45, 7) is 7.08. The maximum absolute atomic E-state index is 12.3. The Hall–Kier alpha value is -2.94. The Balaban J connectivity index is 2.79. The topological polar surface area (TPSA) is 131 Å². The minimum Gasteiger partial charge on any atom is -0.461 e. The van der Waals surface area contributed by atoms with Gasteiger partial charge >= 0.3 is 23.9 Å². The van der Waals surface area contributed by atoms with Gasteiger partial charge in [0, 0.05) is 19.3 Å². The third-order valence-corrected chi connectivity index (χ3v) is 4.37. The molecule has 0 aliphatic carbocycles. The van der Waals surface area contributed by atoms with E-state index in [0.717, 1.165) is 0 Å². The molecule has 0 saturated heterocycles. The molecule has 0 spiro atoms. The SMILES string of the molecule is CCCC(=O)Oc1ccc(C[C@H](N)C(=O)OC[C@H](C)OC(=O)CCC)cc1OC(=O)CCC. The van der Waals surface area contributed by atoms with Crippen molar-refractivity contribution in [3.63, 3.8) is 0 Å².